The largest absolute Gasteiger partial charge is 0.497 e. The summed E-state index contributed by atoms with van der Waals surface area (Å²) in [6.07, 6.45) is 4.30. The average molecular weight is 357 g/mol. The van der Waals surface area contributed by atoms with Crippen LogP contribution < -0.4 is 10.1 Å². The Balaban J connectivity index is 1.53. The van der Waals surface area contributed by atoms with Gasteiger partial charge in [0.05, 0.1) is 13.5 Å². The molecule has 1 aromatic carbocycles. The lowest BCUT2D eigenvalue weighted by atomic mass is 9.99. The van der Waals surface area contributed by atoms with Crippen LogP contribution in [0.2, 0.25) is 0 Å². The minimum atomic E-state index is 0.0173. The number of nitrogens with zero attached hydrogens (tertiary/aromatic N) is 2. The first-order chi connectivity index (χ1) is 12.7. The SMILES string of the molecule is COc1cccc(CC(=O)NCCn2c(C)cnc2C2CCOCC2)c1. The van der Waals surface area contributed by atoms with Crippen LogP contribution in [-0.2, 0) is 22.5 Å². The van der Waals surface area contributed by atoms with E-state index < -0.39 is 0 Å². The fourth-order valence-corrected chi connectivity index (χ4v) is 3.39. The molecule has 0 bridgehead atoms. The zero-order valence-electron chi connectivity index (χ0n) is 15.5. The molecule has 0 spiro atoms. The Kier molecular flexibility index (Phi) is 6.28. The second-order valence-corrected chi connectivity index (χ2v) is 6.67. The summed E-state index contributed by atoms with van der Waals surface area (Å²) in [5.41, 5.74) is 2.08. The van der Waals surface area contributed by atoms with Gasteiger partial charge in [0.25, 0.3) is 0 Å². The molecular formula is C20H27N3O3. The zero-order chi connectivity index (χ0) is 18.4. The van der Waals surface area contributed by atoms with E-state index in [-0.39, 0.29) is 5.91 Å². The van der Waals surface area contributed by atoms with Crippen LogP contribution in [0.1, 0.15) is 35.8 Å². The van der Waals surface area contributed by atoms with Gasteiger partial charge in [0, 0.05) is 44.1 Å². The summed E-state index contributed by atoms with van der Waals surface area (Å²) in [4.78, 5) is 16.8. The standard InChI is InChI=1S/C20H27N3O3/c1-15-14-22-20(17-6-10-26-11-7-17)23(15)9-8-21-19(24)13-16-4-3-5-18(12-16)25-2/h3-5,12,14,17H,6-11,13H2,1-2H3,(H,21,24). The van der Waals surface area contributed by atoms with Crippen molar-refractivity contribution in [1.82, 2.24) is 14.9 Å². The van der Waals surface area contributed by atoms with Gasteiger partial charge in [-0.2, -0.15) is 0 Å². The average Bonchev–Trinajstić information content (AvgIpc) is 3.03. The van der Waals surface area contributed by atoms with Crippen molar-refractivity contribution < 1.29 is 14.3 Å². The van der Waals surface area contributed by atoms with Crippen molar-refractivity contribution in [1.29, 1.82) is 0 Å². The van der Waals surface area contributed by atoms with E-state index in [0.29, 0.717) is 18.9 Å². The van der Waals surface area contributed by atoms with Crippen LogP contribution in [0.15, 0.2) is 30.5 Å². The predicted octanol–water partition coefficient (Wildman–Crippen LogP) is 2.45. The topological polar surface area (TPSA) is 65.4 Å². The Morgan fingerprint density at radius 3 is 2.96 bits per heavy atom. The van der Waals surface area contributed by atoms with Crippen molar-refractivity contribution in [3.63, 3.8) is 0 Å². The summed E-state index contributed by atoms with van der Waals surface area (Å²) in [5, 5.41) is 3.01. The third-order valence-corrected chi connectivity index (χ3v) is 4.83. The minimum Gasteiger partial charge on any atom is -0.497 e. The summed E-state index contributed by atoms with van der Waals surface area (Å²) in [7, 11) is 1.63. The number of benzene rings is 1. The lowest BCUT2D eigenvalue weighted by Crippen LogP contribution is -2.29. The third-order valence-electron chi connectivity index (χ3n) is 4.83. The van der Waals surface area contributed by atoms with E-state index in [1.807, 2.05) is 30.5 Å². The molecule has 1 fully saturated rings. The number of methoxy groups -OCH3 is 1. The number of rotatable bonds is 7. The molecule has 140 valence electrons. The first-order valence-corrected chi connectivity index (χ1v) is 9.16. The molecule has 26 heavy (non-hydrogen) atoms. The molecule has 0 unspecified atom stereocenters. The van der Waals surface area contributed by atoms with Gasteiger partial charge in [-0.1, -0.05) is 12.1 Å². The zero-order valence-corrected chi connectivity index (χ0v) is 15.5. The molecule has 1 aliphatic rings. The number of carbonyl (C=O) groups is 1. The number of ether oxygens (including phenoxy) is 2. The fraction of sp³-hybridized carbons (Fsp3) is 0.500. The Morgan fingerprint density at radius 2 is 2.19 bits per heavy atom. The number of hydrogen-bond acceptors (Lipinski definition) is 4. The van der Waals surface area contributed by atoms with Crippen molar-refractivity contribution in [3.05, 3.63) is 47.5 Å². The van der Waals surface area contributed by atoms with Crippen LogP contribution in [0.3, 0.4) is 0 Å². The lowest BCUT2D eigenvalue weighted by Gasteiger charge is -2.23. The monoisotopic (exact) mass is 357 g/mol. The van der Waals surface area contributed by atoms with Crippen molar-refractivity contribution in [3.8, 4) is 5.75 Å². The molecule has 0 aliphatic carbocycles. The normalized spacial score (nSPS) is 15.0. The molecule has 1 N–H and O–H groups in total. The Bertz CT molecular complexity index is 736. The van der Waals surface area contributed by atoms with Gasteiger partial charge < -0.3 is 19.4 Å². The number of hydrogen-bond donors (Lipinski definition) is 1. The van der Waals surface area contributed by atoms with E-state index >= 15 is 0 Å². The van der Waals surface area contributed by atoms with Crippen LogP contribution in [-0.4, -0.2) is 42.3 Å². The van der Waals surface area contributed by atoms with Gasteiger partial charge in [-0.05, 0) is 37.5 Å². The summed E-state index contributed by atoms with van der Waals surface area (Å²) < 4.78 is 12.9. The van der Waals surface area contributed by atoms with Crippen LogP contribution >= 0.6 is 0 Å². The number of carbonyl (C=O) groups excluding carboxylic acids is 1. The molecule has 2 aromatic rings. The van der Waals surface area contributed by atoms with Crippen LogP contribution in [0.25, 0.3) is 0 Å². The van der Waals surface area contributed by atoms with Gasteiger partial charge in [0.1, 0.15) is 11.6 Å². The number of amides is 1. The summed E-state index contributed by atoms with van der Waals surface area (Å²) in [5.74, 6) is 2.35. The highest BCUT2D eigenvalue weighted by Gasteiger charge is 2.21. The highest BCUT2D eigenvalue weighted by Crippen LogP contribution is 2.26. The summed E-state index contributed by atoms with van der Waals surface area (Å²) >= 11 is 0. The maximum atomic E-state index is 12.2. The molecule has 1 aliphatic heterocycles. The maximum absolute atomic E-state index is 12.2. The van der Waals surface area contributed by atoms with Gasteiger partial charge in [0.2, 0.25) is 5.91 Å². The Morgan fingerprint density at radius 1 is 1.38 bits per heavy atom. The summed E-state index contributed by atoms with van der Waals surface area (Å²) in [6, 6.07) is 7.60. The molecule has 0 radical (unpaired) electrons. The fourth-order valence-electron chi connectivity index (χ4n) is 3.39. The van der Waals surface area contributed by atoms with Crippen LogP contribution in [0, 0.1) is 6.92 Å². The maximum Gasteiger partial charge on any atom is 0.224 e. The van der Waals surface area contributed by atoms with E-state index in [4.69, 9.17) is 9.47 Å². The number of nitrogens with one attached hydrogen (secondary N) is 1. The second-order valence-electron chi connectivity index (χ2n) is 6.67. The van der Waals surface area contributed by atoms with Crippen LogP contribution in [0.4, 0.5) is 0 Å². The van der Waals surface area contributed by atoms with E-state index in [1.165, 1.54) is 0 Å². The molecular weight excluding hydrogens is 330 g/mol. The van der Waals surface area contributed by atoms with E-state index in [9.17, 15) is 4.79 Å². The summed E-state index contributed by atoms with van der Waals surface area (Å²) in [6.45, 7) is 4.99. The minimum absolute atomic E-state index is 0.0173. The van der Waals surface area contributed by atoms with Gasteiger partial charge in [-0.3, -0.25) is 4.79 Å². The first kappa shape index (κ1) is 18.5. The Hall–Kier alpha value is -2.34. The predicted molar refractivity (Wildman–Crippen MR) is 99.5 cm³/mol. The Labute approximate surface area is 154 Å². The van der Waals surface area contributed by atoms with Crippen molar-refractivity contribution in [2.24, 2.45) is 0 Å². The number of imidazole rings is 1. The molecule has 6 heteroatoms. The molecule has 2 heterocycles. The third kappa shape index (κ3) is 4.64. The first-order valence-electron chi connectivity index (χ1n) is 9.16. The highest BCUT2D eigenvalue weighted by atomic mass is 16.5. The molecule has 1 saturated heterocycles. The van der Waals surface area contributed by atoms with E-state index in [1.54, 1.807) is 7.11 Å². The molecule has 1 amide bonds. The molecule has 0 saturated carbocycles. The van der Waals surface area contributed by atoms with Gasteiger partial charge in [0.15, 0.2) is 0 Å². The quantitative estimate of drug-likeness (QED) is 0.827. The smallest absolute Gasteiger partial charge is 0.224 e. The molecule has 3 rings (SSSR count). The molecule has 1 aromatic heterocycles. The lowest BCUT2D eigenvalue weighted by molar-refractivity contribution is -0.120. The molecule has 0 atom stereocenters. The van der Waals surface area contributed by atoms with Crippen molar-refractivity contribution >= 4 is 5.91 Å². The van der Waals surface area contributed by atoms with Gasteiger partial charge in [-0.25, -0.2) is 4.98 Å². The van der Waals surface area contributed by atoms with Crippen molar-refractivity contribution in [2.75, 3.05) is 26.9 Å². The number of aryl methyl sites for hydroxylation is 1. The van der Waals surface area contributed by atoms with Crippen molar-refractivity contribution in [2.45, 2.75) is 38.6 Å². The highest BCUT2D eigenvalue weighted by molar-refractivity contribution is 5.78. The second kappa shape index (κ2) is 8.85. The van der Waals surface area contributed by atoms with Crippen LogP contribution in [0.5, 0.6) is 5.75 Å². The van der Waals surface area contributed by atoms with Gasteiger partial charge in [-0.15, -0.1) is 0 Å². The van der Waals surface area contributed by atoms with Gasteiger partial charge >= 0.3 is 0 Å². The van der Waals surface area contributed by atoms with E-state index in [2.05, 4.69) is 21.8 Å². The number of aromatic nitrogens is 2. The van der Waals surface area contributed by atoms with E-state index in [0.717, 1.165) is 55.4 Å². The molecule has 6 nitrogen and oxygen atoms in total.